The third-order valence-corrected chi connectivity index (χ3v) is 5.32. The maximum Gasteiger partial charge on any atom is 0.271 e. The first-order chi connectivity index (χ1) is 15.5. The molecule has 162 valence electrons. The first-order valence-corrected chi connectivity index (χ1v) is 10.2. The zero-order chi connectivity index (χ0) is 22.7. The molecule has 2 aromatic heterocycles. The number of amides is 2. The van der Waals surface area contributed by atoms with Crippen LogP contribution in [0.15, 0.2) is 71.8 Å². The summed E-state index contributed by atoms with van der Waals surface area (Å²) in [6.07, 6.45) is 1.44. The van der Waals surface area contributed by atoms with E-state index in [-0.39, 0.29) is 18.5 Å². The number of para-hydroxylation sites is 2. The lowest BCUT2D eigenvalue weighted by molar-refractivity contribution is -0.122. The summed E-state index contributed by atoms with van der Waals surface area (Å²) in [5.41, 5.74) is 8.39. The van der Waals surface area contributed by atoms with Gasteiger partial charge >= 0.3 is 0 Å². The molecule has 4 aromatic rings. The van der Waals surface area contributed by atoms with Crippen molar-refractivity contribution in [3.05, 3.63) is 94.3 Å². The topological polar surface area (TPSA) is 98.0 Å². The SMILES string of the molecule is Cc1cc(C(=O)NNC(=O)CCn2cnc3ccccc3c2=O)c(C)n1-c1ccccc1. The van der Waals surface area contributed by atoms with Crippen molar-refractivity contribution in [2.24, 2.45) is 0 Å². The summed E-state index contributed by atoms with van der Waals surface area (Å²) in [4.78, 5) is 41.6. The molecule has 2 amide bonds. The van der Waals surface area contributed by atoms with Gasteiger partial charge in [0.25, 0.3) is 11.5 Å². The number of fused-ring (bicyclic) bond motifs is 1. The van der Waals surface area contributed by atoms with Crippen molar-refractivity contribution in [1.82, 2.24) is 25.0 Å². The van der Waals surface area contributed by atoms with E-state index >= 15 is 0 Å². The number of nitrogens with zero attached hydrogens (tertiary/aromatic N) is 3. The van der Waals surface area contributed by atoms with E-state index in [1.54, 1.807) is 24.3 Å². The number of aryl methyl sites for hydroxylation is 2. The number of carbonyl (C=O) groups is 2. The number of nitrogens with one attached hydrogen (secondary N) is 2. The molecule has 0 aliphatic rings. The van der Waals surface area contributed by atoms with Crippen molar-refractivity contribution >= 4 is 22.7 Å². The van der Waals surface area contributed by atoms with Gasteiger partial charge in [0.2, 0.25) is 5.91 Å². The van der Waals surface area contributed by atoms with Crippen LogP contribution in [-0.4, -0.2) is 25.9 Å². The van der Waals surface area contributed by atoms with Gasteiger partial charge in [-0.25, -0.2) is 4.98 Å². The Morgan fingerprint density at radius 3 is 2.47 bits per heavy atom. The summed E-state index contributed by atoms with van der Waals surface area (Å²) in [5.74, 6) is -0.812. The maximum absolute atomic E-state index is 12.6. The van der Waals surface area contributed by atoms with E-state index in [4.69, 9.17) is 0 Å². The quantitative estimate of drug-likeness (QED) is 0.477. The molecule has 0 unspecified atom stereocenters. The molecule has 32 heavy (non-hydrogen) atoms. The Balaban J connectivity index is 1.38. The summed E-state index contributed by atoms with van der Waals surface area (Å²) in [6.45, 7) is 3.93. The molecule has 2 N–H and O–H groups in total. The number of aromatic nitrogens is 3. The van der Waals surface area contributed by atoms with Gasteiger partial charge in [0.1, 0.15) is 0 Å². The predicted octanol–water partition coefficient (Wildman–Crippen LogP) is 2.66. The van der Waals surface area contributed by atoms with Gasteiger partial charge in [-0.15, -0.1) is 0 Å². The van der Waals surface area contributed by atoms with E-state index in [2.05, 4.69) is 15.8 Å². The summed E-state index contributed by atoms with van der Waals surface area (Å²) in [5, 5.41) is 0.498. The number of carbonyl (C=O) groups excluding carboxylic acids is 2. The van der Waals surface area contributed by atoms with E-state index in [0.717, 1.165) is 17.1 Å². The molecule has 0 radical (unpaired) electrons. The molecule has 0 atom stereocenters. The Morgan fingerprint density at radius 1 is 0.969 bits per heavy atom. The maximum atomic E-state index is 12.6. The van der Waals surface area contributed by atoms with Crippen LogP contribution in [0.5, 0.6) is 0 Å². The summed E-state index contributed by atoms with van der Waals surface area (Å²) < 4.78 is 3.37. The lowest BCUT2D eigenvalue weighted by Crippen LogP contribution is -2.42. The predicted molar refractivity (Wildman–Crippen MR) is 121 cm³/mol. The standard InChI is InChI=1S/C24H23N5O3/c1-16-14-20(17(2)29(16)18-8-4-3-5-9-18)23(31)27-26-22(30)12-13-28-15-25-21-11-7-6-10-19(21)24(28)32/h3-11,14-15H,12-13H2,1-2H3,(H,26,30)(H,27,31). The Labute approximate surface area is 184 Å². The van der Waals surface area contributed by atoms with Crippen molar-refractivity contribution in [2.75, 3.05) is 0 Å². The number of rotatable bonds is 5. The molecular weight excluding hydrogens is 406 g/mol. The van der Waals surface area contributed by atoms with Crippen molar-refractivity contribution in [1.29, 1.82) is 0 Å². The van der Waals surface area contributed by atoms with Crippen LogP contribution in [0.2, 0.25) is 0 Å². The highest BCUT2D eigenvalue weighted by molar-refractivity contribution is 5.97. The lowest BCUT2D eigenvalue weighted by Gasteiger charge is -2.11. The molecule has 0 saturated heterocycles. The fourth-order valence-electron chi connectivity index (χ4n) is 3.71. The number of benzene rings is 2. The monoisotopic (exact) mass is 429 g/mol. The van der Waals surface area contributed by atoms with Crippen molar-refractivity contribution in [2.45, 2.75) is 26.8 Å². The van der Waals surface area contributed by atoms with Crippen LogP contribution in [0.4, 0.5) is 0 Å². The third-order valence-electron chi connectivity index (χ3n) is 5.32. The second kappa shape index (κ2) is 8.89. The Hall–Kier alpha value is -4.20. The van der Waals surface area contributed by atoms with Crippen LogP contribution in [0.3, 0.4) is 0 Å². The average molecular weight is 429 g/mol. The Morgan fingerprint density at radius 2 is 1.69 bits per heavy atom. The van der Waals surface area contributed by atoms with E-state index in [1.807, 2.05) is 54.8 Å². The van der Waals surface area contributed by atoms with E-state index < -0.39 is 11.8 Å². The first kappa shape index (κ1) is 21.0. The molecule has 0 aliphatic heterocycles. The molecule has 0 spiro atoms. The highest BCUT2D eigenvalue weighted by atomic mass is 16.2. The van der Waals surface area contributed by atoms with Crippen LogP contribution in [0.1, 0.15) is 28.2 Å². The summed E-state index contributed by atoms with van der Waals surface area (Å²) >= 11 is 0. The van der Waals surface area contributed by atoms with Crippen LogP contribution in [-0.2, 0) is 11.3 Å². The lowest BCUT2D eigenvalue weighted by atomic mass is 10.2. The van der Waals surface area contributed by atoms with Crippen LogP contribution >= 0.6 is 0 Å². The van der Waals surface area contributed by atoms with E-state index in [0.29, 0.717) is 16.5 Å². The minimum Gasteiger partial charge on any atom is -0.318 e. The van der Waals surface area contributed by atoms with E-state index in [9.17, 15) is 14.4 Å². The van der Waals surface area contributed by atoms with Crippen molar-refractivity contribution in [3.8, 4) is 5.69 Å². The molecule has 8 heteroatoms. The fourth-order valence-corrected chi connectivity index (χ4v) is 3.71. The molecule has 0 bridgehead atoms. The molecule has 4 rings (SSSR count). The van der Waals surface area contributed by atoms with Crippen LogP contribution in [0, 0.1) is 13.8 Å². The normalized spacial score (nSPS) is 10.8. The van der Waals surface area contributed by atoms with Crippen LogP contribution < -0.4 is 16.4 Å². The Bertz CT molecular complexity index is 1360. The largest absolute Gasteiger partial charge is 0.318 e. The highest BCUT2D eigenvalue weighted by Gasteiger charge is 2.17. The average Bonchev–Trinajstić information content (AvgIpc) is 3.11. The minimum absolute atomic E-state index is 0.0171. The Kier molecular flexibility index (Phi) is 5.85. The smallest absolute Gasteiger partial charge is 0.271 e. The van der Waals surface area contributed by atoms with Gasteiger partial charge < -0.3 is 4.57 Å². The van der Waals surface area contributed by atoms with Gasteiger partial charge in [-0.1, -0.05) is 30.3 Å². The summed E-state index contributed by atoms with van der Waals surface area (Å²) in [6, 6.07) is 18.6. The highest BCUT2D eigenvalue weighted by Crippen LogP contribution is 2.20. The van der Waals surface area contributed by atoms with Crippen molar-refractivity contribution in [3.63, 3.8) is 0 Å². The van der Waals surface area contributed by atoms with Crippen LogP contribution in [0.25, 0.3) is 16.6 Å². The molecule has 8 nitrogen and oxygen atoms in total. The molecule has 0 fully saturated rings. The second-order valence-corrected chi connectivity index (χ2v) is 7.47. The van der Waals surface area contributed by atoms with E-state index in [1.165, 1.54) is 10.9 Å². The molecule has 0 saturated carbocycles. The number of hydrazine groups is 1. The zero-order valence-corrected chi connectivity index (χ0v) is 17.8. The minimum atomic E-state index is -0.407. The second-order valence-electron chi connectivity index (χ2n) is 7.47. The van der Waals surface area contributed by atoms with Gasteiger partial charge in [0, 0.05) is 30.0 Å². The van der Waals surface area contributed by atoms with Gasteiger partial charge in [-0.05, 0) is 44.2 Å². The molecule has 2 heterocycles. The molecular formula is C24H23N5O3. The number of hydrogen-bond acceptors (Lipinski definition) is 4. The molecule has 0 aliphatic carbocycles. The summed E-state index contributed by atoms with van der Waals surface area (Å²) in [7, 11) is 0. The van der Waals surface area contributed by atoms with Crippen molar-refractivity contribution < 1.29 is 9.59 Å². The van der Waals surface area contributed by atoms with Gasteiger partial charge in [0.05, 0.1) is 22.8 Å². The molecule has 2 aromatic carbocycles. The number of hydrogen-bond donors (Lipinski definition) is 2. The third kappa shape index (κ3) is 4.15. The first-order valence-electron chi connectivity index (χ1n) is 10.2. The fraction of sp³-hybridized carbons (Fsp3) is 0.167. The van der Waals surface area contributed by atoms with Gasteiger partial charge in [-0.3, -0.25) is 29.8 Å². The van der Waals surface area contributed by atoms with Gasteiger partial charge in [-0.2, -0.15) is 0 Å². The zero-order valence-electron chi connectivity index (χ0n) is 17.8. The van der Waals surface area contributed by atoms with Gasteiger partial charge in [0.15, 0.2) is 0 Å².